The first-order valence-corrected chi connectivity index (χ1v) is 7.64. The standard InChI is InChI=1S/C13H12F3NO6S/c1-22-11(18)6-9(12(19)23-2)17-8-4-3-7(14)5-10(8)24(20,21)13(15)16/h3-6,13,17H,1-2H3/b9-6+. The average Bonchev–Trinajstić information content (AvgIpc) is 2.54. The molecule has 24 heavy (non-hydrogen) atoms. The number of anilines is 1. The van der Waals surface area contributed by atoms with Crippen LogP contribution < -0.4 is 5.32 Å². The van der Waals surface area contributed by atoms with E-state index in [2.05, 4.69) is 14.8 Å². The average molecular weight is 367 g/mol. The first-order chi connectivity index (χ1) is 11.1. The summed E-state index contributed by atoms with van der Waals surface area (Å²) in [6, 6.07) is 1.95. The second kappa shape index (κ2) is 7.81. The number of sulfone groups is 1. The van der Waals surface area contributed by atoms with Gasteiger partial charge >= 0.3 is 17.7 Å². The molecule has 0 spiro atoms. The largest absolute Gasteiger partial charge is 0.466 e. The molecule has 1 N–H and O–H groups in total. The number of carbonyl (C=O) groups is 2. The van der Waals surface area contributed by atoms with Crippen molar-refractivity contribution in [2.45, 2.75) is 10.7 Å². The Morgan fingerprint density at radius 3 is 2.33 bits per heavy atom. The van der Waals surface area contributed by atoms with Gasteiger partial charge in [-0.2, -0.15) is 8.78 Å². The van der Waals surface area contributed by atoms with Crippen LogP contribution in [0.25, 0.3) is 0 Å². The van der Waals surface area contributed by atoms with Gasteiger partial charge in [-0.15, -0.1) is 0 Å². The third kappa shape index (κ3) is 4.47. The van der Waals surface area contributed by atoms with Gasteiger partial charge in [-0.05, 0) is 18.2 Å². The molecule has 1 rings (SSSR count). The number of ether oxygens (including phenoxy) is 2. The number of carbonyl (C=O) groups excluding carboxylic acids is 2. The van der Waals surface area contributed by atoms with Gasteiger partial charge in [0.05, 0.1) is 30.9 Å². The lowest BCUT2D eigenvalue weighted by molar-refractivity contribution is -0.138. The summed E-state index contributed by atoms with van der Waals surface area (Å²) >= 11 is 0. The zero-order valence-electron chi connectivity index (χ0n) is 12.4. The van der Waals surface area contributed by atoms with E-state index in [0.29, 0.717) is 12.1 Å². The lowest BCUT2D eigenvalue weighted by atomic mass is 10.3. The molecule has 0 bridgehead atoms. The van der Waals surface area contributed by atoms with Crippen molar-refractivity contribution >= 4 is 27.5 Å². The van der Waals surface area contributed by atoms with Gasteiger partial charge in [0, 0.05) is 0 Å². The van der Waals surface area contributed by atoms with Crippen molar-refractivity contribution in [3.63, 3.8) is 0 Å². The minimum absolute atomic E-state index is 0.358. The molecule has 7 nitrogen and oxygen atoms in total. The summed E-state index contributed by atoms with van der Waals surface area (Å²) in [5.74, 6) is -7.00. The van der Waals surface area contributed by atoms with Crippen LogP contribution in [0.3, 0.4) is 0 Å². The second-order valence-electron chi connectivity index (χ2n) is 4.14. The van der Waals surface area contributed by atoms with Gasteiger partial charge < -0.3 is 14.8 Å². The third-order valence-corrected chi connectivity index (χ3v) is 4.04. The number of alkyl halides is 2. The highest BCUT2D eigenvalue weighted by Crippen LogP contribution is 2.28. The van der Waals surface area contributed by atoms with E-state index in [9.17, 15) is 31.2 Å². The Bertz CT molecular complexity index is 776. The first kappa shape index (κ1) is 19.5. The van der Waals surface area contributed by atoms with Crippen LogP contribution in [0.1, 0.15) is 0 Å². The maximum Gasteiger partial charge on any atom is 0.354 e. The smallest absolute Gasteiger partial charge is 0.354 e. The van der Waals surface area contributed by atoms with Crippen molar-refractivity contribution in [2.75, 3.05) is 19.5 Å². The van der Waals surface area contributed by atoms with Crippen LogP contribution in [-0.2, 0) is 28.9 Å². The zero-order chi connectivity index (χ0) is 18.5. The van der Waals surface area contributed by atoms with E-state index in [0.717, 1.165) is 26.4 Å². The van der Waals surface area contributed by atoms with Crippen molar-refractivity contribution < 1.29 is 40.7 Å². The van der Waals surface area contributed by atoms with Crippen LogP contribution in [0.5, 0.6) is 0 Å². The quantitative estimate of drug-likeness (QED) is 0.600. The number of nitrogens with one attached hydrogen (secondary N) is 1. The van der Waals surface area contributed by atoms with Crippen LogP contribution in [0.4, 0.5) is 18.9 Å². The minimum Gasteiger partial charge on any atom is -0.466 e. The summed E-state index contributed by atoms with van der Waals surface area (Å²) in [6.07, 6.45) is 0.619. The van der Waals surface area contributed by atoms with Gasteiger partial charge in [-0.1, -0.05) is 0 Å². The van der Waals surface area contributed by atoms with Gasteiger partial charge in [0.2, 0.25) is 9.84 Å². The number of esters is 2. The zero-order valence-corrected chi connectivity index (χ0v) is 13.2. The SMILES string of the molecule is COC(=O)/C=C(/Nc1ccc(F)cc1S(=O)(=O)C(F)F)C(=O)OC. The fourth-order valence-corrected chi connectivity index (χ4v) is 2.40. The van der Waals surface area contributed by atoms with E-state index in [1.54, 1.807) is 0 Å². The Kier molecular flexibility index (Phi) is 6.35. The summed E-state index contributed by atoms with van der Waals surface area (Å²) in [7, 11) is -3.19. The number of methoxy groups -OCH3 is 2. The van der Waals surface area contributed by atoms with Crippen molar-refractivity contribution in [3.8, 4) is 0 Å². The van der Waals surface area contributed by atoms with Gasteiger partial charge in [0.1, 0.15) is 11.5 Å². The van der Waals surface area contributed by atoms with E-state index < -0.39 is 49.6 Å². The van der Waals surface area contributed by atoms with E-state index in [4.69, 9.17) is 0 Å². The summed E-state index contributed by atoms with van der Waals surface area (Å²) in [4.78, 5) is 21.7. The van der Waals surface area contributed by atoms with Crippen LogP contribution >= 0.6 is 0 Å². The van der Waals surface area contributed by atoms with Crippen molar-refractivity contribution in [1.82, 2.24) is 0 Å². The molecule has 11 heteroatoms. The lowest BCUT2D eigenvalue weighted by Crippen LogP contribution is -2.19. The molecule has 0 fully saturated rings. The molecule has 132 valence electrons. The molecule has 0 saturated carbocycles. The van der Waals surface area contributed by atoms with Crippen LogP contribution in [0, 0.1) is 5.82 Å². The number of hydrogen-bond donors (Lipinski definition) is 1. The van der Waals surface area contributed by atoms with Crippen molar-refractivity contribution in [1.29, 1.82) is 0 Å². The molecule has 1 aromatic rings. The Morgan fingerprint density at radius 1 is 1.21 bits per heavy atom. The highest BCUT2D eigenvalue weighted by atomic mass is 32.2. The fourth-order valence-electron chi connectivity index (χ4n) is 1.51. The predicted molar refractivity (Wildman–Crippen MR) is 75.3 cm³/mol. The molecule has 0 aliphatic heterocycles. The van der Waals surface area contributed by atoms with Crippen LogP contribution in [0.2, 0.25) is 0 Å². The summed E-state index contributed by atoms with van der Waals surface area (Å²) in [6.45, 7) is 0. The highest BCUT2D eigenvalue weighted by Gasteiger charge is 2.30. The normalized spacial score (nSPS) is 12.0. The second-order valence-corrected chi connectivity index (χ2v) is 6.03. The molecule has 0 atom stereocenters. The topological polar surface area (TPSA) is 98.8 Å². The molecule has 0 aromatic heterocycles. The number of rotatable bonds is 6. The van der Waals surface area contributed by atoms with Crippen LogP contribution in [0.15, 0.2) is 34.9 Å². The van der Waals surface area contributed by atoms with E-state index in [-0.39, 0.29) is 0 Å². The Morgan fingerprint density at radius 2 is 1.83 bits per heavy atom. The molecular weight excluding hydrogens is 355 g/mol. The summed E-state index contributed by atoms with van der Waals surface area (Å²) < 4.78 is 70.6. The summed E-state index contributed by atoms with van der Waals surface area (Å²) in [5.41, 5.74) is -1.14. The number of hydrogen-bond acceptors (Lipinski definition) is 7. The Hall–Kier alpha value is -2.56. The maximum absolute atomic E-state index is 13.3. The number of benzene rings is 1. The van der Waals surface area contributed by atoms with Gasteiger partial charge in [0.25, 0.3) is 0 Å². The molecule has 0 radical (unpaired) electrons. The van der Waals surface area contributed by atoms with Gasteiger partial charge in [-0.3, -0.25) is 0 Å². The van der Waals surface area contributed by atoms with E-state index in [1.807, 2.05) is 0 Å². The third-order valence-electron chi connectivity index (χ3n) is 2.62. The molecule has 0 heterocycles. The molecule has 1 aromatic carbocycles. The monoisotopic (exact) mass is 367 g/mol. The molecule has 0 saturated heterocycles. The minimum atomic E-state index is -5.17. The predicted octanol–water partition coefficient (Wildman–Crippen LogP) is 1.46. The Balaban J connectivity index is 3.43. The number of halogens is 3. The van der Waals surface area contributed by atoms with E-state index in [1.165, 1.54) is 0 Å². The molecular formula is C13H12F3NO6S. The van der Waals surface area contributed by atoms with Gasteiger partial charge in [-0.25, -0.2) is 22.4 Å². The van der Waals surface area contributed by atoms with Crippen molar-refractivity contribution in [2.24, 2.45) is 0 Å². The summed E-state index contributed by atoms with van der Waals surface area (Å²) in [5, 5.41) is 2.16. The first-order valence-electron chi connectivity index (χ1n) is 6.10. The fraction of sp³-hybridized carbons (Fsp3) is 0.231. The maximum atomic E-state index is 13.3. The molecule has 0 unspecified atom stereocenters. The molecule has 0 aliphatic rings. The van der Waals surface area contributed by atoms with E-state index >= 15 is 0 Å². The Labute approximate surface area is 135 Å². The lowest BCUT2D eigenvalue weighted by Gasteiger charge is -2.13. The highest BCUT2D eigenvalue weighted by molar-refractivity contribution is 7.91. The van der Waals surface area contributed by atoms with Crippen molar-refractivity contribution in [3.05, 3.63) is 35.8 Å². The van der Waals surface area contributed by atoms with Gasteiger partial charge in [0.15, 0.2) is 0 Å². The molecule has 0 amide bonds. The van der Waals surface area contributed by atoms with Crippen LogP contribution in [-0.4, -0.2) is 40.3 Å². The molecule has 0 aliphatic carbocycles.